The number of urea groups is 2. The van der Waals surface area contributed by atoms with E-state index in [1.54, 1.807) is 0 Å². The van der Waals surface area contributed by atoms with Crippen molar-refractivity contribution >= 4 is 129 Å². The van der Waals surface area contributed by atoms with E-state index in [4.69, 9.17) is 49.1 Å². The summed E-state index contributed by atoms with van der Waals surface area (Å²) in [6.45, 7) is 5.95. The quantitative estimate of drug-likeness (QED) is 0.0217. The smallest absolute Gasteiger partial charge is 0.315 e. The lowest BCUT2D eigenvalue weighted by molar-refractivity contribution is -0.124. The Morgan fingerprint density at radius 2 is 0.779 bits per heavy atom. The van der Waals surface area contributed by atoms with E-state index in [1.807, 2.05) is 47.2 Å². The highest BCUT2D eigenvalue weighted by Gasteiger charge is 2.44. The van der Waals surface area contributed by atoms with Crippen LogP contribution in [0.2, 0.25) is 0 Å². The number of carbonyl (C=O) groups excluding carboxylic acids is 8. The first kappa shape index (κ1) is 104. The van der Waals surface area contributed by atoms with Crippen LogP contribution in [0.1, 0.15) is 202 Å². The third-order valence-electron chi connectivity index (χ3n) is 23.2. The maximum absolute atomic E-state index is 14.8. The molecule has 7 aliphatic rings. The molecular formula is C82H129N17O26S6. The van der Waals surface area contributed by atoms with E-state index in [9.17, 15) is 90.2 Å². The molecule has 131 heavy (non-hydrogen) atoms. The van der Waals surface area contributed by atoms with Crippen molar-refractivity contribution in [2.75, 3.05) is 141 Å². The fraction of sp³-hybridized carbons (Fsp3) is 0.720. The molecule has 8 atom stereocenters. The predicted molar refractivity (Wildman–Crippen MR) is 491 cm³/mol. The molecule has 3 aromatic rings. The molecule has 0 spiro atoms. The fourth-order valence-electron chi connectivity index (χ4n) is 16.3. The van der Waals surface area contributed by atoms with Crippen molar-refractivity contribution in [2.45, 2.75) is 246 Å². The van der Waals surface area contributed by atoms with Gasteiger partial charge in [-0.3, -0.25) is 47.0 Å². The number of piperidine rings is 3. The molecule has 0 radical (unpaired) electrons. The number of hydrogen-bond donors (Lipinski definition) is 15. The number of fused-ring (bicyclic) bond motifs is 2. The van der Waals surface area contributed by atoms with Gasteiger partial charge < -0.3 is 102 Å². The standard InChI is InChI=1S/C82H129N17O26S6/c1-3-37-120-62-47-53(49-64(122-39-13-43-128(108,109)110)72(62)124-41-15-45-130(114,115)116)74(102)88-58(17-9-11-29-84-68(100)21-7-5-19-66-70-60(51-126-66)90-81(106)92-70)76(104)86-56-25-33-98(34-26-56)79-94-78(97-31-23-55(83)24-32-97)95-80(96-79)99-35-27-57(28-36-99)87-77(105)59(18-10-12-30-85-69(101)22-8-6-20-67-71-61(52-127-67)91-82(107)93-71)89-75(103)54-48-63(121-38-4-2)73(125-42-16-46-131(117,118)119)65(50-54)123-40-14-44-129(111,112)113/h47-50,55-61,66-67,70-71H,3-46,51-52,83H2,1-2H3,(H,84,100)(H,85,101)(H,86,104)(H,87,105)(H,88,102)(H,89,103)(H2,90,92,106)(H2,91,93,107)(H,108,109,110)(H,111,112,113)(H,114,115,116)(H,117,118,119). The molecule has 16 N–H and O–H groups in total. The third kappa shape index (κ3) is 35.3. The molecule has 2 aromatic carbocycles. The number of hydrogen-bond acceptors (Lipinski definition) is 31. The van der Waals surface area contributed by atoms with Crippen LogP contribution < -0.4 is 102 Å². The number of ether oxygens (including phenoxy) is 6. The summed E-state index contributed by atoms with van der Waals surface area (Å²) in [5.74, 6) is -2.84. The number of nitrogens with two attached hydrogens (primary N) is 1. The average Bonchev–Trinajstić information content (AvgIpc) is 1.27. The second-order valence-electron chi connectivity index (χ2n) is 33.8. The lowest BCUT2D eigenvalue weighted by Gasteiger charge is -2.36. The normalized spacial score (nSPS) is 20.1. The van der Waals surface area contributed by atoms with Gasteiger partial charge in [0.15, 0.2) is 23.0 Å². The minimum atomic E-state index is -4.40. The number of amides is 10. The van der Waals surface area contributed by atoms with Gasteiger partial charge in [0.1, 0.15) is 12.1 Å². The number of carbonyl (C=O) groups is 8. The molecule has 43 nitrogen and oxygen atoms in total. The number of nitrogens with zero attached hydrogens (tertiary/aromatic N) is 6. The van der Waals surface area contributed by atoms with Gasteiger partial charge in [0.2, 0.25) is 53.0 Å². The Bertz CT molecular complexity index is 4520. The van der Waals surface area contributed by atoms with Crippen molar-refractivity contribution in [2.24, 2.45) is 5.73 Å². The van der Waals surface area contributed by atoms with Gasteiger partial charge in [-0.25, -0.2) is 9.59 Å². The molecule has 8 heterocycles. The first-order valence-electron chi connectivity index (χ1n) is 45.4. The topological polar surface area (TPSA) is 604 Å². The van der Waals surface area contributed by atoms with Gasteiger partial charge in [-0.05, 0) is 166 Å². The van der Waals surface area contributed by atoms with Gasteiger partial charge in [0.25, 0.3) is 52.3 Å². The minimum Gasteiger partial charge on any atom is -0.490 e. The summed E-state index contributed by atoms with van der Waals surface area (Å²) >= 11 is 3.62. The molecule has 8 unspecified atom stereocenters. The average molecular weight is 1960 g/mol. The predicted octanol–water partition coefficient (Wildman–Crippen LogP) is 3.80. The van der Waals surface area contributed by atoms with E-state index < -0.39 is 111 Å². The van der Waals surface area contributed by atoms with Crippen molar-refractivity contribution in [3.8, 4) is 34.5 Å². The van der Waals surface area contributed by atoms with E-state index in [2.05, 4.69) is 58.1 Å². The monoisotopic (exact) mass is 1960 g/mol. The third-order valence-corrected chi connectivity index (χ3v) is 29.5. The van der Waals surface area contributed by atoms with E-state index in [-0.39, 0.29) is 201 Å². The number of benzene rings is 2. The zero-order valence-electron chi connectivity index (χ0n) is 74.2. The molecule has 0 saturated carbocycles. The first-order valence-corrected chi connectivity index (χ1v) is 53.9. The van der Waals surface area contributed by atoms with Gasteiger partial charge in [0.05, 0.1) is 86.8 Å². The van der Waals surface area contributed by atoms with E-state index in [0.717, 1.165) is 37.2 Å². The molecule has 7 aliphatic heterocycles. The molecule has 10 amide bonds. The van der Waals surface area contributed by atoms with Crippen molar-refractivity contribution in [3.05, 3.63) is 35.4 Å². The molecule has 0 aliphatic carbocycles. The van der Waals surface area contributed by atoms with Crippen LogP contribution in [0.3, 0.4) is 0 Å². The summed E-state index contributed by atoms with van der Waals surface area (Å²) in [5.41, 5.74) is 6.28. The molecule has 7 saturated heterocycles. The second-order valence-corrected chi connectivity index (χ2v) is 42.7. The lowest BCUT2D eigenvalue weighted by Crippen LogP contribution is -2.52. The Morgan fingerprint density at radius 1 is 0.450 bits per heavy atom. The summed E-state index contributed by atoms with van der Waals surface area (Å²) in [6, 6.07) is 2.17. The van der Waals surface area contributed by atoms with E-state index >= 15 is 0 Å². The molecule has 10 rings (SSSR count). The number of thioether (sulfide) groups is 2. The van der Waals surface area contributed by atoms with Crippen LogP contribution in [0, 0.1) is 0 Å². The zero-order valence-corrected chi connectivity index (χ0v) is 79.1. The van der Waals surface area contributed by atoms with Crippen LogP contribution in [-0.4, -0.2) is 306 Å². The van der Waals surface area contributed by atoms with E-state index in [0.29, 0.717) is 160 Å². The summed E-state index contributed by atoms with van der Waals surface area (Å²) < 4.78 is 167. The zero-order chi connectivity index (χ0) is 94.3. The lowest BCUT2D eigenvalue weighted by atomic mass is 10.0. The van der Waals surface area contributed by atoms with Crippen LogP contribution in [0.15, 0.2) is 24.3 Å². The Balaban J connectivity index is 0.806. The highest BCUT2D eigenvalue weighted by atomic mass is 32.2. The summed E-state index contributed by atoms with van der Waals surface area (Å²) in [4.78, 5) is 130. The van der Waals surface area contributed by atoms with Crippen LogP contribution in [0.4, 0.5) is 27.4 Å². The van der Waals surface area contributed by atoms with E-state index in [1.165, 1.54) is 24.3 Å². The van der Waals surface area contributed by atoms with Crippen LogP contribution in [0.25, 0.3) is 0 Å². The highest BCUT2D eigenvalue weighted by molar-refractivity contribution is 8.00. The van der Waals surface area contributed by atoms with Gasteiger partial charge in [-0.1, -0.05) is 26.7 Å². The molecule has 49 heteroatoms. The van der Waals surface area contributed by atoms with Gasteiger partial charge in [0, 0.05) is 116 Å². The fourth-order valence-corrected chi connectivity index (χ4v) is 21.3. The number of anilines is 3. The van der Waals surface area contributed by atoms with Crippen molar-refractivity contribution in [1.29, 1.82) is 0 Å². The molecule has 734 valence electrons. The number of aromatic nitrogens is 3. The van der Waals surface area contributed by atoms with Gasteiger partial charge >= 0.3 is 12.1 Å². The van der Waals surface area contributed by atoms with Crippen molar-refractivity contribution < 1.29 is 119 Å². The summed E-state index contributed by atoms with van der Waals surface area (Å²) in [6.07, 6.45) is 10.3. The molecule has 0 bridgehead atoms. The van der Waals surface area contributed by atoms with Crippen LogP contribution in [-0.2, 0) is 59.7 Å². The SMILES string of the molecule is CCCOc1cc(C(=O)NC(CCCCNC(=O)CCCCC2SCC3NC(=O)NC32)C(=O)NC2CCN(c3nc(N4CCC(N)CC4)nc(N4CCC(NC(=O)C(CCCCNC(=O)CCCCC5SCC6NC(=O)NC65)NC(=O)c5cc(OCCC)c(OCCCS(=O)(=O)O)c(OCCCS(=O)(=O)O)c5)CC4)n3)CC2)cc(OCCCS(=O)(=O)O)c1OCCCS(=O)(=O)O. The van der Waals surface area contributed by atoms with Gasteiger partial charge in [-0.2, -0.15) is 72.1 Å². The largest absolute Gasteiger partial charge is 0.490 e. The van der Waals surface area contributed by atoms with Crippen LogP contribution in [0.5, 0.6) is 34.5 Å². The molecule has 7 fully saturated rings. The molecular weight excluding hydrogens is 1830 g/mol. The Hall–Kier alpha value is -8.69. The van der Waals surface area contributed by atoms with Crippen molar-refractivity contribution in [1.82, 2.24) is 68.1 Å². The minimum absolute atomic E-state index is 0.00506. The Labute approximate surface area is 773 Å². The number of rotatable bonds is 57. The second kappa shape index (κ2) is 51.1. The first-order chi connectivity index (χ1) is 62.5. The Kier molecular flexibility index (Phi) is 40.7. The maximum atomic E-state index is 14.8. The Morgan fingerprint density at radius 3 is 1.11 bits per heavy atom. The molecule has 1 aromatic heterocycles. The van der Waals surface area contributed by atoms with Gasteiger partial charge in [-0.15, -0.1) is 0 Å². The number of nitrogens with one attached hydrogen (secondary N) is 10. The summed E-state index contributed by atoms with van der Waals surface area (Å²) in [5, 5.41) is 30.5. The number of unbranched alkanes of at least 4 members (excludes halogenated alkanes) is 4. The van der Waals surface area contributed by atoms with Crippen molar-refractivity contribution in [3.63, 3.8) is 0 Å². The maximum Gasteiger partial charge on any atom is 0.315 e. The highest BCUT2D eigenvalue weighted by Crippen LogP contribution is 2.42. The summed E-state index contributed by atoms with van der Waals surface area (Å²) in [7, 11) is -17.5. The van der Waals surface area contributed by atoms with Crippen LogP contribution >= 0.6 is 23.5 Å².